The zero-order valence-corrected chi connectivity index (χ0v) is 21.6. The number of ether oxygens (including phenoxy) is 1. The number of hydrogen-bond acceptors (Lipinski definition) is 5. The fourth-order valence-corrected chi connectivity index (χ4v) is 4.32. The Labute approximate surface area is 221 Å². The second-order valence-electron chi connectivity index (χ2n) is 9.22. The van der Waals surface area contributed by atoms with Gasteiger partial charge in [0.05, 0.1) is 43.3 Å². The fraction of sp³-hybridized carbons (Fsp3) is 0.200. The topological polar surface area (TPSA) is 108 Å². The van der Waals surface area contributed by atoms with E-state index in [1.165, 1.54) is 24.5 Å². The van der Waals surface area contributed by atoms with Crippen LogP contribution in [-0.4, -0.2) is 28.7 Å². The molecule has 4 aromatic rings. The van der Waals surface area contributed by atoms with Crippen LogP contribution in [0.15, 0.2) is 90.1 Å². The molecule has 3 aromatic carbocycles. The van der Waals surface area contributed by atoms with Crippen LogP contribution in [0.3, 0.4) is 0 Å². The van der Waals surface area contributed by atoms with Crippen LogP contribution in [0.4, 0.5) is 16.2 Å². The molecular weight excluding hydrogens is 480 g/mol. The first-order valence-corrected chi connectivity index (χ1v) is 12.2. The van der Waals surface area contributed by atoms with Gasteiger partial charge in [-0.05, 0) is 59.4 Å². The molecule has 8 heteroatoms. The number of methoxy groups -OCH3 is 1. The molecule has 0 spiro atoms. The maximum Gasteiger partial charge on any atom is 0.323 e. The van der Waals surface area contributed by atoms with E-state index in [0.29, 0.717) is 35.5 Å². The van der Waals surface area contributed by atoms with E-state index >= 15 is 0 Å². The van der Waals surface area contributed by atoms with Crippen molar-refractivity contribution in [3.05, 3.63) is 112 Å². The number of anilines is 2. The lowest BCUT2D eigenvalue weighted by atomic mass is 9.97. The Bertz CT molecular complexity index is 1490. The van der Waals surface area contributed by atoms with E-state index < -0.39 is 6.03 Å². The number of urea groups is 1. The Kier molecular flexibility index (Phi) is 8.01. The number of esters is 1. The Balaban J connectivity index is 1.54. The first-order chi connectivity index (χ1) is 18.3. The summed E-state index contributed by atoms with van der Waals surface area (Å²) < 4.78 is 6.31. The Hall–Kier alpha value is -4.72. The number of benzene rings is 3. The van der Waals surface area contributed by atoms with Gasteiger partial charge in [0, 0.05) is 6.20 Å². The number of nitrogens with zero attached hydrogens (tertiary/aromatic N) is 3. The fourth-order valence-electron chi connectivity index (χ4n) is 4.32. The molecule has 194 valence electrons. The van der Waals surface area contributed by atoms with Crippen LogP contribution in [0, 0.1) is 6.92 Å². The van der Waals surface area contributed by atoms with Gasteiger partial charge >= 0.3 is 12.0 Å². The van der Waals surface area contributed by atoms with Crippen LogP contribution in [-0.2, 0) is 16.1 Å². The van der Waals surface area contributed by atoms with Crippen LogP contribution in [0.25, 0.3) is 11.1 Å². The maximum atomic E-state index is 13.3. The summed E-state index contributed by atoms with van der Waals surface area (Å²) in [4.78, 5) is 42.8. The molecule has 1 atom stereocenters. The molecule has 1 aromatic heterocycles. The molecule has 0 radical (unpaired) electrons. The van der Waals surface area contributed by atoms with Crippen molar-refractivity contribution in [1.82, 2.24) is 9.55 Å². The number of amides is 2. The van der Waals surface area contributed by atoms with Gasteiger partial charge in [-0.25, -0.2) is 9.78 Å². The highest BCUT2D eigenvalue weighted by atomic mass is 16.5. The van der Waals surface area contributed by atoms with Crippen molar-refractivity contribution in [3.63, 3.8) is 0 Å². The quantitative estimate of drug-likeness (QED) is 0.330. The van der Waals surface area contributed by atoms with Gasteiger partial charge in [0.15, 0.2) is 0 Å². The monoisotopic (exact) mass is 510 g/mol. The standard InChI is InChI=1S/C30H30N4O4/c1-20-5-4-6-26(15-20)34(30(31)37)25-13-11-24(12-14-25)27-17-32-19-33(29(27)36)18-22-7-9-23(10-8-22)21(2)16-28(35)38-3/h4-15,17,19,21H,16,18H2,1-3H3,(H2,31,37)/t21-/m1/s1. The normalized spacial score (nSPS) is 11.6. The van der Waals surface area contributed by atoms with E-state index in [-0.39, 0.29) is 17.4 Å². The average molecular weight is 511 g/mol. The van der Waals surface area contributed by atoms with E-state index in [0.717, 1.165) is 16.7 Å². The highest BCUT2D eigenvalue weighted by Gasteiger charge is 2.16. The highest BCUT2D eigenvalue weighted by Crippen LogP contribution is 2.28. The number of aryl methyl sites for hydroxylation is 1. The first-order valence-electron chi connectivity index (χ1n) is 12.2. The number of carbonyl (C=O) groups excluding carboxylic acids is 2. The summed E-state index contributed by atoms with van der Waals surface area (Å²) in [5.74, 6) is -0.217. The molecule has 0 aliphatic carbocycles. The first kappa shape index (κ1) is 26.3. The number of nitrogens with two attached hydrogens (primary N) is 1. The van der Waals surface area contributed by atoms with E-state index in [4.69, 9.17) is 10.5 Å². The van der Waals surface area contributed by atoms with E-state index in [1.54, 1.807) is 28.8 Å². The SMILES string of the molecule is COC(=O)C[C@@H](C)c1ccc(Cn2cncc(-c3ccc(N(C(N)=O)c4cccc(C)c4)cc3)c2=O)cc1. The molecule has 8 nitrogen and oxygen atoms in total. The summed E-state index contributed by atoms with van der Waals surface area (Å²) >= 11 is 0. The van der Waals surface area contributed by atoms with Crippen LogP contribution < -0.4 is 16.2 Å². The molecular formula is C30H30N4O4. The number of aromatic nitrogens is 2. The van der Waals surface area contributed by atoms with Crippen molar-refractivity contribution in [2.75, 3.05) is 12.0 Å². The smallest absolute Gasteiger partial charge is 0.323 e. The van der Waals surface area contributed by atoms with Crippen molar-refractivity contribution in [3.8, 4) is 11.1 Å². The van der Waals surface area contributed by atoms with Crippen molar-refractivity contribution in [2.45, 2.75) is 32.7 Å². The molecule has 0 aliphatic rings. The van der Waals surface area contributed by atoms with Gasteiger partial charge in [-0.2, -0.15) is 0 Å². The minimum absolute atomic E-state index is 0.0311. The van der Waals surface area contributed by atoms with E-state index in [9.17, 15) is 14.4 Å². The molecule has 0 saturated carbocycles. The third kappa shape index (κ3) is 5.98. The molecule has 4 rings (SSSR count). The lowest BCUT2D eigenvalue weighted by molar-refractivity contribution is -0.140. The van der Waals surface area contributed by atoms with Crippen molar-refractivity contribution < 1.29 is 14.3 Å². The largest absolute Gasteiger partial charge is 0.469 e. The zero-order chi connectivity index (χ0) is 27.2. The summed E-state index contributed by atoms with van der Waals surface area (Å²) in [6, 6.07) is 21.8. The average Bonchev–Trinajstić information content (AvgIpc) is 2.90. The predicted molar refractivity (Wildman–Crippen MR) is 147 cm³/mol. The highest BCUT2D eigenvalue weighted by molar-refractivity contribution is 5.98. The molecule has 2 amide bonds. The summed E-state index contributed by atoms with van der Waals surface area (Å²) in [6.07, 6.45) is 3.36. The minimum Gasteiger partial charge on any atom is -0.469 e. The van der Waals surface area contributed by atoms with Crippen molar-refractivity contribution in [2.24, 2.45) is 5.73 Å². The summed E-state index contributed by atoms with van der Waals surface area (Å²) in [5, 5.41) is 0. The van der Waals surface area contributed by atoms with Crippen LogP contribution in [0.2, 0.25) is 0 Å². The molecule has 2 N–H and O–H groups in total. The lowest BCUT2D eigenvalue weighted by Gasteiger charge is -2.21. The molecule has 0 saturated heterocycles. The molecule has 0 aliphatic heterocycles. The van der Waals surface area contributed by atoms with Gasteiger partial charge in [0.25, 0.3) is 5.56 Å². The van der Waals surface area contributed by atoms with E-state index in [1.807, 2.05) is 62.4 Å². The maximum absolute atomic E-state index is 13.3. The van der Waals surface area contributed by atoms with Gasteiger partial charge < -0.3 is 10.5 Å². The third-order valence-corrected chi connectivity index (χ3v) is 6.42. The predicted octanol–water partition coefficient (Wildman–Crippen LogP) is 5.15. The number of primary amides is 1. The third-order valence-electron chi connectivity index (χ3n) is 6.42. The van der Waals surface area contributed by atoms with Gasteiger partial charge in [0.1, 0.15) is 0 Å². The summed E-state index contributed by atoms with van der Waals surface area (Å²) in [5.41, 5.74) is 10.8. The zero-order valence-electron chi connectivity index (χ0n) is 21.6. The van der Waals surface area contributed by atoms with Gasteiger partial charge in [-0.3, -0.25) is 19.1 Å². The molecule has 1 heterocycles. The lowest BCUT2D eigenvalue weighted by Crippen LogP contribution is -2.31. The Morgan fingerprint density at radius 3 is 2.37 bits per heavy atom. The van der Waals surface area contributed by atoms with Gasteiger partial charge in [-0.15, -0.1) is 0 Å². The number of rotatable bonds is 8. The molecule has 38 heavy (non-hydrogen) atoms. The molecule has 0 bridgehead atoms. The second-order valence-corrected chi connectivity index (χ2v) is 9.22. The van der Waals surface area contributed by atoms with Crippen LogP contribution >= 0.6 is 0 Å². The minimum atomic E-state index is -0.599. The second kappa shape index (κ2) is 11.6. The summed E-state index contributed by atoms with van der Waals surface area (Å²) in [7, 11) is 1.38. The molecule has 0 fully saturated rings. The van der Waals surface area contributed by atoms with Gasteiger partial charge in [-0.1, -0.05) is 55.5 Å². The van der Waals surface area contributed by atoms with Crippen molar-refractivity contribution in [1.29, 1.82) is 0 Å². The van der Waals surface area contributed by atoms with Gasteiger partial charge in [0.2, 0.25) is 0 Å². The Morgan fingerprint density at radius 2 is 1.74 bits per heavy atom. The van der Waals surface area contributed by atoms with E-state index in [2.05, 4.69) is 4.98 Å². The number of hydrogen-bond donors (Lipinski definition) is 1. The van der Waals surface area contributed by atoms with Crippen molar-refractivity contribution >= 4 is 23.4 Å². The van der Waals surface area contributed by atoms with Crippen LogP contribution in [0.5, 0.6) is 0 Å². The van der Waals surface area contributed by atoms with Crippen LogP contribution in [0.1, 0.15) is 36.0 Å². The summed E-state index contributed by atoms with van der Waals surface area (Å²) in [6.45, 7) is 4.27. The molecule has 0 unspecified atom stereocenters. The Morgan fingerprint density at radius 1 is 1.03 bits per heavy atom. The number of carbonyl (C=O) groups is 2.